The van der Waals surface area contributed by atoms with Gasteiger partial charge in [-0.05, 0) is 67.5 Å². The van der Waals surface area contributed by atoms with Crippen molar-refractivity contribution >= 4 is 53.7 Å². The summed E-state index contributed by atoms with van der Waals surface area (Å²) in [6.45, 7) is 6.05. The number of hydrogen-bond acceptors (Lipinski definition) is 6. The van der Waals surface area contributed by atoms with Crippen molar-refractivity contribution < 1.29 is 23.5 Å². The van der Waals surface area contributed by atoms with Gasteiger partial charge in [0.2, 0.25) is 14.8 Å². The predicted octanol–water partition coefficient (Wildman–Crippen LogP) is 6.28. The first-order chi connectivity index (χ1) is 22.1. The van der Waals surface area contributed by atoms with E-state index in [9.17, 15) is 14.7 Å². The van der Waals surface area contributed by atoms with Gasteiger partial charge in [-0.25, -0.2) is 0 Å². The second-order valence-electron chi connectivity index (χ2n) is 12.5. The summed E-state index contributed by atoms with van der Waals surface area (Å²) < 4.78 is 25.5. The Balaban J connectivity index is 1.30. The summed E-state index contributed by atoms with van der Waals surface area (Å²) in [5.41, 5.74) is 2.74. The number of ether oxygens (including phenoxy) is 1. The van der Waals surface area contributed by atoms with Crippen LogP contribution in [0.4, 0.5) is 21.2 Å². The van der Waals surface area contributed by atoms with Crippen LogP contribution in [0.25, 0.3) is 0 Å². The van der Waals surface area contributed by atoms with Crippen LogP contribution in [0, 0.1) is 5.92 Å². The van der Waals surface area contributed by atoms with Gasteiger partial charge in [0.1, 0.15) is 0 Å². The molecule has 46 heavy (non-hydrogen) atoms. The van der Waals surface area contributed by atoms with Crippen LogP contribution in [0.5, 0.6) is 0 Å². The van der Waals surface area contributed by atoms with Crippen molar-refractivity contribution in [2.24, 2.45) is 5.92 Å². The lowest BCUT2D eigenvalue weighted by Gasteiger charge is -2.31. The number of para-hydroxylation sites is 1. The monoisotopic (exact) mass is 705 g/mol. The molecular formula is C34H37BrFN5O4Si. The zero-order chi connectivity index (χ0) is 32.6. The lowest BCUT2D eigenvalue weighted by Crippen LogP contribution is -2.45. The predicted molar refractivity (Wildman–Crippen MR) is 180 cm³/mol. The highest BCUT2D eigenvalue weighted by molar-refractivity contribution is 9.10. The third-order valence-electron chi connectivity index (χ3n) is 9.21. The molecule has 2 aliphatic heterocycles. The molecule has 1 spiro atoms. The minimum atomic E-state index is -3.32. The maximum absolute atomic E-state index is 16.2. The van der Waals surface area contributed by atoms with Crippen LogP contribution in [-0.2, 0) is 39.4 Å². The van der Waals surface area contributed by atoms with E-state index in [1.54, 1.807) is 33.8 Å². The summed E-state index contributed by atoms with van der Waals surface area (Å²) in [5, 5.41) is 17.5. The molecule has 0 aliphatic carbocycles. The number of hydrogen-bond donors (Lipinski definition) is 1. The van der Waals surface area contributed by atoms with Crippen LogP contribution >= 0.6 is 15.9 Å². The number of halogens is 2. The molecule has 6 rings (SSSR count). The fourth-order valence-corrected chi connectivity index (χ4v) is 10.1. The van der Waals surface area contributed by atoms with Gasteiger partial charge < -0.3 is 18.9 Å². The molecule has 0 radical (unpaired) electrons. The van der Waals surface area contributed by atoms with E-state index in [0.717, 1.165) is 33.4 Å². The second-order valence-corrected chi connectivity index (χ2v) is 17.2. The summed E-state index contributed by atoms with van der Waals surface area (Å²) in [5.74, 6) is -0.613. The molecular weight excluding hydrogens is 669 g/mol. The average Bonchev–Trinajstić information content (AvgIpc) is 3.68. The number of amides is 2. The Kier molecular flexibility index (Phi) is 8.99. The molecule has 0 unspecified atom stereocenters. The Morgan fingerprint density at radius 3 is 2.50 bits per heavy atom. The van der Waals surface area contributed by atoms with Crippen LogP contribution < -0.4 is 9.80 Å². The first-order valence-corrected chi connectivity index (χ1v) is 19.2. The number of benzene rings is 3. The number of anilines is 3. The van der Waals surface area contributed by atoms with Crippen molar-refractivity contribution in [2.45, 2.75) is 63.2 Å². The molecule has 1 fully saturated rings. The number of carbonyl (C=O) groups excluding carboxylic acids is 2. The largest absolute Gasteiger partial charge is 0.396 e. The van der Waals surface area contributed by atoms with Gasteiger partial charge >= 0.3 is 0 Å². The topological polar surface area (TPSA) is 101 Å². The highest BCUT2D eigenvalue weighted by atomic mass is 79.9. The Morgan fingerprint density at radius 2 is 1.83 bits per heavy atom. The molecule has 1 N–H and O–H groups in total. The number of nitrogens with zero attached hydrogens (tertiary/aromatic N) is 5. The Bertz CT molecular complexity index is 1720. The van der Waals surface area contributed by atoms with E-state index in [-0.39, 0.29) is 19.1 Å². The van der Waals surface area contributed by atoms with E-state index in [1.807, 2.05) is 79.7 Å². The lowest BCUT2D eigenvalue weighted by molar-refractivity contribution is -0.146. The number of aliphatic hydroxyl groups excluding tert-OH is 1. The summed E-state index contributed by atoms with van der Waals surface area (Å²) in [6, 6.07) is 22.7. The number of aromatic nitrogens is 3. The SMILES string of the molecule is C[C@@H]1[C@@H]([Si](C)(C)F)[C@H](CCn2cc(CCO)nn2)O[C@@]12C(=O)N(Cc1ccc(N(C=O)c3ccccc3)cc1)c1ccc(Br)cc12. The molecule has 4 atom stereocenters. The molecule has 9 nitrogen and oxygen atoms in total. The van der Waals surface area contributed by atoms with E-state index < -0.39 is 31.6 Å². The number of rotatable bonds is 11. The Hall–Kier alpha value is -3.71. The van der Waals surface area contributed by atoms with Crippen molar-refractivity contribution in [3.8, 4) is 0 Å². The maximum Gasteiger partial charge on any atom is 0.264 e. The minimum absolute atomic E-state index is 0.0171. The highest BCUT2D eigenvalue weighted by Gasteiger charge is 2.66. The summed E-state index contributed by atoms with van der Waals surface area (Å²) in [4.78, 5) is 29.9. The van der Waals surface area contributed by atoms with Gasteiger partial charge in [-0.1, -0.05) is 58.4 Å². The van der Waals surface area contributed by atoms with Crippen LogP contribution in [0.1, 0.15) is 30.2 Å². The van der Waals surface area contributed by atoms with Crippen molar-refractivity contribution in [3.05, 3.63) is 100 Å². The van der Waals surface area contributed by atoms with E-state index in [0.29, 0.717) is 30.8 Å². The standard InChI is InChI=1S/C34H37BrFN5O4Si/c1-23-32(46(2,3)36)31(15-17-39-21-26(16-18-42)37-38-39)45-34(23)29-19-25(35)11-14-30(29)40(33(34)44)20-24-9-12-28(13-10-24)41(22-43)27-7-5-4-6-8-27/h4-14,19,21-23,31-32,42H,15-18,20H2,1-3H3/t23-,31+,32-,34+/m1/s1. The van der Waals surface area contributed by atoms with Gasteiger partial charge in [-0.2, -0.15) is 0 Å². The van der Waals surface area contributed by atoms with E-state index >= 15 is 4.11 Å². The first-order valence-electron chi connectivity index (χ1n) is 15.4. The number of aryl methyl sites for hydroxylation is 1. The van der Waals surface area contributed by atoms with Gasteiger partial charge in [0.05, 0.1) is 24.0 Å². The molecule has 12 heteroatoms. The zero-order valence-electron chi connectivity index (χ0n) is 26.0. The molecule has 0 saturated carbocycles. The van der Waals surface area contributed by atoms with Gasteiger partial charge in [0.15, 0.2) is 5.60 Å². The number of fused-ring (bicyclic) bond motifs is 2. The summed E-state index contributed by atoms with van der Waals surface area (Å²) >= 11 is 3.60. The van der Waals surface area contributed by atoms with Crippen LogP contribution in [0.2, 0.25) is 18.6 Å². The van der Waals surface area contributed by atoms with Gasteiger partial charge in [0.25, 0.3) is 5.91 Å². The van der Waals surface area contributed by atoms with Crippen LogP contribution in [0.15, 0.2) is 83.5 Å². The summed E-state index contributed by atoms with van der Waals surface area (Å²) in [7, 11) is -3.32. The molecule has 4 aromatic rings. The molecule has 1 saturated heterocycles. The van der Waals surface area contributed by atoms with Gasteiger partial charge in [-0.3, -0.25) is 19.2 Å². The van der Waals surface area contributed by atoms with Crippen molar-refractivity contribution in [1.82, 2.24) is 15.0 Å². The van der Waals surface area contributed by atoms with E-state index in [2.05, 4.69) is 26.2 Å². The van der Waals surface area contributed by atoms with Crippen LogP contribution in [0.3, 0.4) is 0 Å². The number of aliphatic hydroxyl groups is 1. The molecule has 2 aliphatic rings. The molecule has 3 heterocycles. The molecule has 240 valence electrons. The van der Waals surface area contributed by atoms with Gasteiger partial charge in [0, 0.05) is 58.6 Å². The quantitative estimate of drug-likeness (QED) is 0.112. The van der Waals surface area contributed by atoms with E-state index in [1.165, 1.54) is 0 Å². The zero-order valence-corrected chi connectivity index (χ0v) is 28.6. The Labute approximate surface area is 277 Å². The van der Waals surface area contributed by atoms with Crippen LogP contribution in [-0.4, -0.2) is 53.5 Å². The third-order valence-corrected chi connectivity index (χ3v) is 12.2. The smallest absolute Gasteiger partial charge is 0.264 e. The highest BCUT2D eigenvalue weighted by Crippen LogP contribution is 2.60. The fraction of sp³-hybridized carbons (Fsp3) is 0.353. The Morgan fingerprint density at radius 1 is 1.11 bits per heavy atom. The van der Waals surface area contributed by atoms with Crippen molar-refractivity contribution in [3.63, 3.8) is 0 Å². The van der Waals surface area contributed by atoms with Crippen molar-refractivity contribution in [2.75, 3.05) is 16.4 Å². The first kappa shape index (κ1) is 32.2. The lowest BCUT2D eigenvalue weighted by atomic mass is 9.82. The third kappa shape index (κ3) is 5.83. The molecule has 3 aromatic carbocycles. The normalized spacial score (nSPS) is 22.4. The minimum Gasteiger partial charge on any atom is -0.396 e. The molecule has 0 bridgehead atoms. The molecule has 1 aromatic heterocycles. The fourth-order valence-electron chi connectivity index (χ4n) is 7.19. The summed E-state index contributed by atoms with van der Waals surface area (Å²) in [6.07, 6.45) is 2.94. The van der Waals surface area contributed by atoms with Gasteiger partial charge in [-0.15, -0.1) is 5.10 Å². The second kappa shape index (κ2) is 12.8. The average molecular weight is 707 g/mol. The number of carbonyl (C=O) groups is 2. The van der Waals surface area contributed by atoms with E-state index in [4.69, 9.17) is 4.74 Å². The molecule has 2 amide bonds. The van der Waals surface area contributed by atoms with Crippen molar-refractivity contribution in [1.29, 1.82) is 0 Å². The maximum atomic E-state index is 16.2.